The molecule has 0 spiro atoms. The zero-order chi connectivity index (χ0) is 15.9. The average Bonchev–Trinajstić information content (AvgIpc) is 2.48. The van der Waals surface area contributed by atoms with Crippen LogP contribution in [0, 0.1) is 11.8 Å². The van der Waals surface area contributed by atoms with Crippen molar-refractivity contribution in [3.63, 3.8) is 0 Å². The van der Waals surface area contributed by atoms with Gasteiger partial charge in [-0.05, 0) is 30.9 Å². The summed E-state index contributed by atoms with van der Waals surface area (Å²) in [4.78, 5) is 0. The van der Waals surface area contributed by atoms with Crippen molar-refractivity contribution < 1.29 is 4.58 Å². The van der Waals surface area contributed by atoms with E-state index in [4.69, 9.17) is 0 Å². The van der Waals surface area contributed by atoms with Gasteiger partial charge in [0.15, 0.2) is 0 Å². The Labute approximate surface area is 136 Å². The van der Waals surface area contributed by atoms with Gasteiger partial charge in [0.1, 0.15) is 14.1 Å². The van der Waals surface area contributed by atoms with Crippen molar-refractivity contribution >= 4 is 13.8 Å². The first-order valence-electron chi connectivity index (χ1n) is 8.42. The Kier molecular flexibility index (Phi) is 3.98. The average molecular weight is 311 g/mol. The van der Waals surface area contributed by atoms with Crippen molar-refractivity contribution in [2.45, 2.75) is 32.5 Å². The fourth-order valence-electron chi connectivity index (χ4n) is 4.21. The van der Waals surface area contributed by atoms with Gasteiger partial charge in [0.05, 0.1) is 8.07 Å². The minimum absolute atomic E-state index is 0.615. The molecule has 1 aromatic rings. The van der Waals surface area contributed by atoms with Crippen LogP contribution in [-0.2, 0) is 0 Å². The number of fused-ring (bicyclic) bond motifs is 1. The molecule has 1 aromatic carbocycles. The molecule has 0 fully saturated rings. The van der Waals surface area contributed by atoms with Gasteiger partial charge in [-0.2, -0.15) is 0 Å². The highest BCUT2D eigenvalue weighted by atomic mass is 28.3. The van der Waals surface area contributed by atoms with E-state index in [1.807, 2.05) is 0 Å². The summed E-state index contributed by atoms with van der Waals surface area (Å²) in [6, 6.07) is 10.9. The van der Waals surface area contributed by atoms with Gasteiger partial charge in [-0.3, -0.25) is 0 Å². The first kappa shape index (κ1) is 15.5. The lowest BCUT2D eigenvalue weighted by Gasteiger charge is -2.40. The fourth-order valence-corrected chi connectivity index (χ4v) is 6.68. The lowest BCUT2D eigenvalue weighted by atomic mass is 9.73. The smallest absolute Gasteiger partial charge is 0.210 e. The Morgan fingerprint density at radius 3 is 2.05 bits per heavy atom. The second-order valence-electron chi connectivity index (χ2n) is 7.86. The van der Waals surface area contributed by atoms with Crippen LogP contribution in [0.3, 0.4) is 0 Å². The van der Waals surface area contributed by atoms with Gasteiger partial charge in [-0.15, -0.1) is 0 Å². The molecule has 0 saturated carbocycles. The molecule has 3 aliphatic carbocycles. The van der Waals surface area contributed by atoms with E-state index >= 15 is 0 Å². The molecule has 0 aliphatic heterocycles. The summed E-state index contributed by atoms with van der Waals surface area (Å²) in [6.45, 7) is 7.53. The molecule has 2 atom stereocenters. The Morgan fingerprint density at radius 2 is 1.55 bits per heavy atom. The largest absolute Gasteiger partial charge is 0.235 e. The molecule has 2 heteroatoms. The van der Waals surface area contributed by atoms with Crippen molar-refractivity contribution in [3.8, 4) is 0 Å². The van der Waals surface area contributed by atoms with Crippen LogP contribution in [-0.4, -0.2) is 32.5 Å². The van der Waals surface area contributed by atoms with Gasteiger partial charge < -0.3 is 0 Å². The van der Waals surface area contributed by atoms with Crippen LogP contribution in [0.25, 0.3) is 0 Å². The second-order valence-corrected chi connectivity index (χ2v) is 12.9. The number of nitrogens with zero attached hydrogens (tertiary/aromatic N) is 1. The van der Waals surface area contributed by atoms with Crippen molar-refractivity contribution in [2.75, 3.05) is 14.1 Å². The van der Waals surface area contributed by atoms with E-state index in [9.17, 15) is 0 Å². The molecule has 4 rings (SSSR count). The van der Waals surface area contributed by atoms with Crippen LogP contribution >= 0.6 is 0 Å². The van der Waals surface area contributed by atoms with Gasteiger partial charge in [-0.25, -0.2) is 4.58 Å². The maximum atomic E-state index is 2.51. The first-order valence-corrected chi connectivity index (χ1v) is 11.9. The van der Waals surface area contributed by atoms with E-state index in [1.165, 1.54) is 24.1 Å². The molecule has 0 N–H and O–H groups in total. The SMILES string of the molecule is C[N+](C)=C(C1=C([Si](C)(C)C)C2C=CC1CC2)c1ccccc1. The molecular formula is C20H28NSi+. The molecule has 0 amide bonds. The van der Waals surface area contributed by atoms with Crippen LogP contribution in [0.15, 0.2) is 53.3 Å². The van der Waals surface area contributed by atoms with E-state index in [0.29, 0.717) is 11.8 Å². The summed E-state index contributed by atoms with van der Waals surface area (Å²) >= 11 is 0. The molecule has 2 unspecified atom stereocenters. The Balaban J connectivity index is 2.24. The lowest BCUT2D eigenvalue weighted by molar-refractivity contribution is -0.463. The van der Waals surface area contributed by atoms with Crippen molar-refractivity contribution in [1.29, 1.82) is 0 Å². The molecule has 0 radical (unpaired) electrons. The highest BCUT2D eigenvalue weighted by molar-refractivity contribution is 6.83. The summed E-state index contributed by atoms with van der Waals surface area (Å²) in [7, 11) is 3.06. The maximum Gasteiger partial charge on any atom is 0.210 e. The van der Waals surface area contributed by atoms with Gasteiger partial charge in [0.2, 0.25) is 5.71 Å². The van der Waals surface area contributed by atoms with Gasteiger partial charge >= 0.3 is 0 Å². The molecule has 22 heavy (non-hydrogen) atoms. The van der Waals surface area contributed by atoms with E-state index < -0.39 is 8.07 Å². The number of hydrogen-bond acceptors (Lipinski definition) is 0. The summed E-state index contributed by atoms with van der Waals surface area (Å²) in [5, 5.41) is 1.79. The summed E-state index contributed by atoms with van der Waals surface area (Å²) in [5.74, 6) is 1.30. The molecule has 116 valence electrons. The Hall–Kier alpha value is -1.41. The summed E-state index contributed by atoms with van der Waals surface area (Å²) in [5.41, 5.74) is 4.45. The van der Waals surface area contributed by atoms with Crippen LogP contribution in [0.4, 0.5) is 0 Å². The number of benzene rings is 1. The van der Waals surface area contributed by atoms with Crippen molar-refractivity contribution in [3.05, 3.63) is 58.8 Å². The van der Waals surface area contributed by atoms with Crippen LogP contribution in [0.5, 0.6) is 0 Å². The highest BCUT2D eigenvalue weighted by Crippen LogP contribution is 2.45. The fraction of sp³-hybridized carbons (Fsp3) is 0.450. The number of hydrogen-bond donors (Lipinski definition) is 0. The molecular weight excluding hydrogens is 282 g/mol. The third-order valence-electron chi connectivity index (χ3n) is 4.95. The molecule has 2 bridgehead atoms. The van der Waals surface area contributed by atoms with Gasteiger partial charge in [-0.1, -0.05) is 55.2 Å². The molecule has 3 aliphatic rings. The highest BCUT2D eigenvalue weighted by Gasteiger charge is 2.41. The number of rotatable bonds is 3. The standard InChI is InChI=1S/C20H28NSi/c1-21(2)19(16-9-7-6-8-10-16)18-15-11-13-17(14-12-15)20(18)22(3,4)5/h6-11,13,15,17H,12,14H2,1-5H3/q+1. The van der Waals surface area contributed by atoms with Gasteiger partial charge in [0.25, 0.3) is 0 Å². The zero-order valence-corrected chi connectivity index (χ0v) is 15.6. The minimum Gasteiger partial charge on any atom is -0.235 e. The molecule has 0 saturated heterocycles. The minimum atomic E-state index is -1.33. The summed E-state index contributed by atoms with van der Waals surface area (Å²) in [6.07, 6.45) is 7.62. The van der Waals surface area contributed by atoms with E-state index in [-0.39, 0.29) is 0 Å². The molecule has 0 heterocycles. The predicted octanol–water partition coefficient (Wildman–Crippen LogP) is 4.52. The topological polar surface area (TPSA) is 3.01 Å². The van der Waals surface area contributed by atoms with Gasteiger partial charge in [0, 0.05) is 17.1 Å². The quantitative estimate of drug-likeness (QED) is 0.334. The van der Waals surface area contributed by atoms with Crippen LogP contribution < -0.4 is 0 Å². The number of allylic oxidation sites excluding steroid dienone is 4. The monoisotopic (exact) mass is 310 g/mol. The molecule has 1 nitrogen and oxygen atoms in total. The third-order valence-corrected chi connectivity index (χ3v) is 7.21. The van der Waals surface area contributed by atoms with Crippen LogP contribution in [0.2, 0.25) is 19.6 Å². The van der Waals surface area contributed by atoms with Crippen LogP contribution in [0.1, 0.15) is 18.4 Å². The van der Waals surface area contributed by atoms with Crippen molar-refractivity contribution in [1.82, 2.24) is 0 Å². The first-order chi connectivity index (χ1) is 10.4. The third kappa shape index (κ3) is 2.65. The molecule has 0 aromatic heterocycles. The maximum absolute atomic E-state index is 2.51. The zero-order valence-electron chi connectivity index (χ0n) is 14.6. The van der Waals surface area contributed by atoms with E-state index in [0.717, 1.165) is 0 Å². The Bertz CT molecular complexity index is 655. The van der Waals surface area contributed by atoms with E-state index in [1.54, 1.807) is 10.8 Å². The normalized spacial score (nSPS) is 23.9. The van der Waals surface area contributed by atoms with E-state index in [2.05, 4.69) is 80.8 Å². The van der Waals surface area contributed by atoms with Crippen molar-refractivity contribution in [2.24, 2.45) is 11.8 Å². The summed E-state index contributed by atoms with van der Waals surface area (Å²) < 4.78 is 2.33. The Morgan fingerprint density at radius 1 is 0.955 bits per heavy atom. The second kappa shape index (κ2) is 5.66. The predicted molar refractivity (Wildman–Crippen MR) is 98.4 cm³/mol. The lowest BCUT2D eigenvalue weighted by Crippen LogP contribution is -2.40.